The van der Waals surface area contributed by atoms with E-state index < -0.39 is 0 Å². The molecule has 3 heteroatoms. The molecule has 0 N–H and O–H groups in total. The summed E-state index contributed by atoms with van der Waals surface area (Å²) in [6.07, 6.45) is 2.33. The van der Waals surface area contributed by atoms with Gasteiger partial charge in [-0.25, -0.2) is 0 Å². The molecule has 1 heterocycles. The number of para-hydroxylation sites is 1. The van der Waals surface area contributed by atoms with Crippen LogP contribution in [0.1, 0.15) is 18.4 Å². The van der Waals surface area contributed by atoms with Crippen molar-refractivity contribution < 1.29 is 4.79 Å². The van der Waals surface area contributed by atoms with E-state index in [2.05, 4.69) is 0 Å². The normalized spacial score (nSPS) is 15.0. The zero-order valence-electron chi connectivity index (χ0n) is 10.5. The molecule has 0 unspecified atom stereocenters. The van der Waals surface area contributed by atoms with Crippen LogP contribution in [0.2, 0.25) is 5.02 Å². The van der Waals surface area contributed by atoms with E-state index in [0.717, 1.165) is 34.8 Å². The summed E-state index contributed by atoms with van der Waals surface area (Å²) >= 11 is 6.06. The Balaban J connectivity index is 2.14. The van der Waals surface area contributed by atoms with Crippen molar-refractivity contribution in [3.8, 4) is 0 Å². The number of rotatable bonds is 1. The Morgan fingerprint density at radius 2 is 1.79 bits per heavy atom. The number of carbonyl (C=O) groups excluding carboxylic acids is 1. The lowest BCUT2D eigenvalue weighted by atomic mass is 10.1. The first-order chi connectivity index (χ1) is 9.25. The number of benzene rings is 2. The lowest BCUT2D eigenvalue weighted by Crippen LogP contribution is -2.24. The molecule has 0 bridgehead atoms. The van der Waals surface area contributed by atoms with E-state index in [9.17, 15) is 4.79 Å². The molecular weight excluding hydrogens is 258 g/mol. The van der Waals surface area contributed by atoms with Gasteiger partial charge in [-0.1, -0.05) is 29.8 Å². The van der Waals surface area contributed by atoms with Crippen molar-refractivity contribution in [1.29, 1.82) is 0 Å². The molecule has 0 aliphatic carbocycles. The maximum atomic E-state index is 12.4. The topological polar surface area (TPSA) is 20.3 Å². The standard InChI is InChI=1S/C16H14ClNO/c17-13-9-10-15-12(11-13)5-4-8-16(19)18(15)14-6-2-1-3-7-14/h1-3,6-7,9-11H,4-5,8H2. The zero-order valence-corrected chi connectivity index (χ0v) is 11.2. The first-order valence-corrected chi connectivity index (χ1v) is 6.80. The molecule has 19 heavy (non-hydrogen) atoms. The van der Waals surface area contributed by atoms with Gasteiger partial charge in [-0.05, 0) is 48.7 Å². The molecule has 96 valence electrons. The molecule has 0 radical (unpaired) electrons. The zero-order chi connectivity index (χ0) is 13.2. The van der Waals surface area contributed by atoms with Gasteiger partial charge in [0.2, 0.25) is 5.91 Å². The summed E-state index contributed by atoms with van der Waals surface area (Å²) < 4.78 is 0. The van der Waals surface area contributed by atoms with Crippen LogP contribution in [0.4, 0.5) is 11.4 Å². The van der Waals surface area contributed by atoms with Crippen LogP contribution in [0.25, 0.3) is 0 Å². The van der Waals surface area contributed by atoms with Gasteiger partial charge in [0.1, 0.15) is 0 Å². The van der Waals surface area contributed by atoms with Crippen LogP contribution >= 0.6 is 11.6 Å². The Morgan fingerprint density at radius 1 is 1.00 bits per heavy atom. The molecule has 0 saturated carbocycles. The van der Waals surface area contributed by atoms with E-state index in [0.29, 0.717) is 6.42 Å². The quantitative estimate of drug-likeness (QED) is 0.755. The Labute approximate surface area is 117 Å². The van der Waals surface area contributed by atoms with Crippen LogP contribution in [-0.4, -0.2) is 5.91 Å². The van der Waals surface area contributed by atoms with Crippen LogP contribution in [0.5, 0.6) is 0 Å². The smallest absolute Gasteiger partial charge is 0.231 e. The van der Waals surface area contributed by atoms with Crippen molar-refractivity contribution in [1.82, 2.24) is 0 Å². The highest BCUT2D eigenvalue weighted by atomic mass is 35.5. The van der Waals surface area contributed by atoms with Gasteiger partial charge in [-0.15, -0.1) is 0 Å². The number of carbonyl (C=O) groups is 1. The van der Waals surface area contributed by atoms with Gasteiger partial charge in [0, 0.05) is 17.1 Å². The van der Waals surface area contributed by atoms with Crippen molar-refractivity contribution in [3.05, 3.63) is 59.1 Å². The summed E-state index contributed by atoms with van der Waals surface area (Å²) in [7, 11) is 0. The van der Waals surface area contributed by atoms with Gasteiger partial charge >= 0.3 is 0 Å². The van der Waals surface area contributed by atoms with Crippen molar-refractivity contribution in [2.75, 3.05) is 4.90 Å². The predicted molar refractivity (Wildman–Crippen MR) is 78.0 cm³/mol. The summed E-state index contributed by atoms with van der Waals surface area (Å²) in [6, 6.07) is 15.5. The van der Waals surface area contributed by atoms with Crippen LogP contribution in [-0.2, 0) is 11.2 Å². The van der Waals surface area contributed by atoms with E-state index in [-0.39, 0.29) is 5.91 Å². The Morgan fingerprint density at radius 3 is 2.58 bits per heavy atom. The number of nitrogens with zero attached hydrogens (tertiary/aromatic N) is 1. The van der Waals surface area contributed by atoms with Crippen molar-refractivity contribution in [2.45, 2.75) is 19.3 Å². The summed E-state index contributed by atoms with van der Waals surface area (Å²) in [5.74, 6) is 0.146. The molecule has 2 aromatic carbocycles. The first-order valence-electron chi connectivity index (χ1n) is 6.42. The highest BCUT2D eigenvalue weighted by Crippen LogP contribution is 2.34. The number of halogens is 1. The second-order valence-corrected chi connectivity index (χ2v) is 5.13. The number of amides is 1. The molecular formula is C16H14ClNO. The third kappa shape index (κ3) is 2.36. The highest BCUT2D eigenvalue weighted by molar-refractivity contribution is 6.30. The minimum absolute atomic E-state index is 0.146. The van der Waals surface area contributed by atoms with Crippen LogP contribution in [0, 0.1) is 0 Å². The molecule has 2 nitrogen and oxygen atoms in total. The average molecular weight is 272 g/mol. The first kappa shape index (κ1) is 12.2. The van der Waals surface area contributed by atoms with Crippen LogP contribution in [0.3, 0.4) is 0 Å². The van der Waals surface area contributed by atoms with Gasteiger partial charge in [-0.2, -0.15) is 0 Å². The number of anilines is 2. The van der Waals surface area contributed by atoms with E-state index >= 15 is 0 Å². The number of hydrogen-bond donors (Lipinski definition) is 0. The number of fused-ring (bicyclic) bond motifs is 1. The Hall–Kier alpha value is -1.80. The minimum atomic E-state index is 0.146. The second-order valence-electron chi connectivity index (χ2n) is 4.69. The molecule has 0 aromatic heterocycles. The van der Waals surface area contributed by atoms with E-state index in [4.69, 9.17) is 11.6 Å². The van der Waals surface area contributed by atoms with Gasteiger partial charge in [0.05, 0.1) is 5.69 Å². The summed E-state index contributed by atoms with van der Waals surface area (Å²) in [5.41, 5.74) is 3.01. The third-order valence-corrected chi connectivity index (χ3v) is 3.62. The Kier molecular flexibility index (Phi) is 3.26. The van der Waals surface area contributed by atoms with Gasteiger partial charge in [-0.3, -0.25) is 9.69 Å². The fourth-order valence-electron chi connectivity index (χ4n) is 2.51. The fraction of sp³-hybridized carbons (Fsp3) is 0.188. The average Bonchev–Trinajstić information content (AvgIpc) is 2.58. The predicted octanol–water partition coefficient (Wildman–Crippen LogP) is 4.34. The molecule has 1 amide bonds. The van der Waals surface area contributed by atoms with E-state index in [1.54, 1.807) is 4.90 Å². The molecule has 0 atom stereocenters. The van der Waals surface area contributed by atoms with Crippen molar-refractivity contribution in [3.63, 3.8) is 0 Å². The fourth-order valence-corrected chi connectivity index (χ4v) is 2.70. The van der Waals surface area contributed by atoms with Gasteiger partial charge in [0.15, 0.2) is 0 Å². The van der Waals surface area contributed by atoms with Crippen molar-refractivity contribution >= 4 is 28.9 Å². The summed E-state index contributed by atoms with van der Waals surface area (Å²) in [5, 5.41) is 0.723. The monoisotopic (exact) mass is 271 g/mol. The van der Waals surface area contributed by atoms with Crippen LogP contribution < -0.4 is 4.90 Å². The van der Waals surface area contributed by atoms with Crippen molar-refractivity contribution in [2.24, 2.45) is 0 Å². The molecule has 0 spiro atoms. The summed E-state index contributed by atoms with van der Waals surface area (Å²) in [4.78, 5) is 14.2. The lowest BCUT2D eigenvalue weighted by molar-refractivity contribution is -0.117. The lowest BCUT2D eigenvalue weighted by Gasteiger charge is -2.23. The highest BCUT2D eigenvalue weighted by Gasteiger charge is 2.23. The molecule has 1 aliphatic rings. The van der Waals surface area contributed by atoms with Gasteiger partial charge in [0.25, 0.3) is 0 Å². The Bertz CT molecular complexity index is 609. The molecule has 1 aliphatic heterocycles. The molecule has 3 rings (SSSR count). The third-order valence-electron chi connectivity index (χ3n) is 3.38. The number of hydrogen-bond acceptors (Lipinski definition) is 1. The maximum Gasteiger partial charge on any atom is 0.231 e. The molecule has 0 saturated heterocycles. The van der Waals surface area contributed by atoms with Crippen LogP contribution in [0.15, 0.2) is 48.5 Å². The largest absolute Gasteiger partial charge is 0.281 e. The van der Waals surface area contributed by atoms with E-state index in [1.165, 1.54) is 0 Å². The SMILES string of the molecule is O=C1CCCc2cc(Cl)ccc2N1c1ccccc1. The molecule has 2 aromatic rings. The summed E-state index contributed by atoms with van der Waals surface area (Å²) in [6.45, 7) is 0. The minimum Gasteiger partial charge on any atom is -0.281 e. The number of aryl methyl sites for hydroxylation is 1. The molecule has 0 fully saturated rings. The van der Waals surface area contributed by atoms with E-state index in [1.807, 2.05) is 48.5 Å². The second kappa shape index (κ2) is 5.06. The maximum absolute atomic E-state index is 12.4. The van der Waals surface area contributed by atoms with Gasteiger partial charge < -0.3 is 0 Å².